The monoisotopic (exact) mass is 172 g/mol. The molecule has 1 aliphatic heterocycles. The van der Waals surface area contributed by atoms with Gasteiger partial charge in [-0.2, -0.15) is 0 Å². The van der Waals surface area contributed by atoms with Gasteiger partial charge in [0.1, 0.15) is 0 Å². The predicted molar refractivity (Wildman–Crippen MR) is 43.6 cm³/mol. The van der Waals surface area contributed by atoms with E-state index < -0.39 is 6.29 Å². The molecule has 4 unspecified atom stereocenters. The summed E-state index contributed by atoms with van der Waals surface area (Å²) in [5.74, 6) is 0.600. The Hall–Kier alpha value is -0.120. The van der Waals surface area contributed by atoms with Crippen LogP contribution in [0.25, 0.3) is 0 Å². The highest BCUT2D eigenvalue weighted by atomic mass is 16.6. The lowest BCUT2D eigenvalue weighted by atomic mass is 9.90. The first-order valence-electron chi connectivity index (χ1n) is 4.71. The van der Waals surface area contributed by atoms with E-state index in [1.165, 1.54) is 12.8 Å². The largest absolute Gasteiger partial charge is 0.370 e. The number of aliphatic hydroxyl groups excluding tert-OH is 1. The number of fused-ring (bicyclic) bond motifs is 1. The van der Waals surface area contributed by atoms with Crippen LogP contribution in [-0.2, 0) is 9.47 Å². The molecule has 0 spiro atoms. The zero-order chi connectivity index (χ0) is 8.55. The maximum absolute atomic E-state index is 8.91. The Kier molecular flexibility index (Phi) is 2.35. The van der Waals surface area contributed by atoms with Gasteiger partial charge in [0.15, 0.2) is 6.29 Å². The molecular formula is C9H16O3. The van der Waals surface area contributed by atoms with Gasteiger partial charge >= 0.3 is 0 Å². The van der Waals surface area contributed by atoms with Gasteiger partial charge < -0.3 is 14.6 Å². The van der Waals surface area contributed by atoms with E-state index in [0.29, 0.717) is 24.7 Å². The first-order valence-corrected chi connectivity index (χ1v) is 4.71. The maximum atomic E-state index is 8.91. The average molecular weight is 172 g/mol. The molecule has 0 bridgehead atoms. The lowest BCUT2D eigenvalue weighted by molar-refractivity contribution is -0.0984. The van der Waals surface area contributed by atoms with Crippen molar-refractivity contribution < 1.29 is 14.6 Å². The van der Waals surface area contributed by atoms with E-state index in [4.69, 9.17) is 14.6 Å². The van der Waals surface area contributed by atoms with Gasteiger partial charge in [0.2, 0.25) is 0 Å². The van der Waals surface area contributed by atoms with Crippen molar-refractivity contribution in [3.05, 3.63) is 0 Å². The lowest BCUT2D eigenvalue weighted by Gasteiger charge is -2.19. The van der Waals surface area contributed by atoms with Crippen molar-refractivity contribution in [3.8, 4) is 0 Å². The molecule has 1 saturated heterocycles. The minimum Gasteiger partial charge on any atom is -0.370 e. The second-order valence-corrected chi connectivity index (χ2v) is 3.82. The molecule has 2 aliphatic rings. The smallest absolute Gasteiger partial charge is 0.151 e. The Morgan fingerprint density at radius 3 is 3.00 bits per heavy atom. The molecule has 0 amide bonds. The second kappa shape index (κ2) is 3.32. The Morgan fingerprint density at radius 2 is 2.33 bits per heavy atom. The van der Waals surface area contributed by atoms with Crippen LogP contribution in [0.5, 0.6) is 0 Å². The van der Waals surface area contributed by atoms with Gasteiger partial charge in [0.05, 0.1) is 18.8 Å². The Balaban J connectivity index is 1.67. The van der Waals surface area contributed by atoms with Crippen LogP contribution in [0.15, 0.2) is 0 Å². The maximum Gasteiger partial charge on any atom is 0.151 e. The Morgan fingerprint density at radius 1 is 1.50 bits per heavy atom. The highest BCUT2D eigenvalue weighted by Gasteiger charge is 2.43. The highest BCUT2D eigenvalue weighted by Crippen LogP contribution is 2.39. The SMILES string of the molecule is CC(O)OCC1CCC2OC2C1. The van der Waals surface area contributed by atoms with E-state index in [1.807, 2.05) is 0 Å². The second-order valence-electron chi connectivity index (χ2n) is 3.82. The van der Waals surface area contributed by atoms with Crippen molar-refractivity contribution in [3.63, 3.8) is 0 Å². The van der Waals surface area contributed by atoms with Gasteiger partial charge in [-0.1, -0.05) is 0 Å². The molecule has 4 atom stereocenters. The summed E-state index contributed by atoms with van der Waals surface area (Å²) in [5.41, 5.74) is 0. The first-order chi connectivity index (χ1) is 5.75. The van der Waals surface area contributed by atoms with Crippen LogP contribution >= 0.6 is 0 Å². The summed E-state index contributed by atoms with van der Waals surface area (Å²) < 4.78 is 10.5. The van der Waals surface area contributed by atoms with Gasteiger partial charge in [-0.25, -0.2) is 0 Å². The molecule has 0 aromatic carbocycles. The number of hydrogen-bond donors (Lipinski definition) is 1. The topological polar surface area (TPSA) is 42.0 Å². The third kappa shape index (κ3) is 1.97. The molecule has 2 fully saturated rings. The first kappa shape index (κ1) is 8.48. The van der Waals surface area contributed by atoms with Crippen molar-refractivity contribution in [1.82, 2.24) is 0 Å². The van der Waals surface area contributed by atoms with Crippen LogP contribution < -0.4 is 0 Å². The van der Waals surface area contributed by atoms with Crippen molar-refractivity contribution in [1.29, 1.82) is 0 Å². The minimum absolute atomic E-state index is 0.515. The summed E-state index contributed by atoms with van der Waals surface area (Å²) >= 11 is 0. The highest BCUT2D eigenvalue weighted by molar-refractivity contribution is 4.91. The van der Waals surface area contributed by atoms with Gasteiger partial charge in [0.25, 0.3) is 0 Å². The molecule has 0 radical (unpaired) electrons. The normalized spacial score (nSPS) is 42.0. The minimum atomic E-state index is -0.622. The molecule has 3 nitrogen and oxygen atoms in total. The van der Waals surface area contributed by atoms with E-state index in [9.17, 15) is 0 Å². The summed E-state index contributed by atoms with van der Waals surface area (Å²) in [6.45, 7) is 2.34. The van der Waals surface area contributed by atoms with Crippen LogP contribution in [0.1, 0.15) is 26.2 Å². The number of ether oxygens (including phenoxy) is 2. The third-order valence-corrected chi connectivity index (χ3v) is 2.69. The van der Waals surface area contributed by atoms with Crippen LogP contribution in [0, 0.1) is 5.92 Å². The van der Waals surface area contributed by atoms with Gasteiger partial charge in [-0.05, 0) is 32.1 Å². The standard InChI is InChI=1S/C9H16O3/c1-6(10)11-5-7-2-3-8-9(4-7)12-8/h6-10H,2-5H2,1H3. The fraction of sp³-hybridized carbons (Fsp3) is 1.00. The van der Waals surface area contributed by atoms with Crippen molar-refractivity contribution in [2.75, 3.05) is 6.61 Å². The fourth-order valence-electron chi connectivity index (χ4n) is 1.91. The molecule has 1 N–H and O–H groups in total. The van der Waals surface area contributed by atoms with Crippen LogP contribution in [-0.4, -0.2) is 30.2 Å². The predicted octanol–water partition coefficient (Wildman–Crippen LogP) is 0.909. The Bertz CT molecular complexity index is 158. The zero-order valence-corrected chi connectivity index (χ0v) is 7.40. The number of hydrogen-bond acceptors (Lipinski definition) is 3. The molecule has 70 valence electrons. The lowest BCUT2D eigenvalue weighted by Crippen LogP contribution is -2.21. The van der Waals surface area contributed by atoms with E-state index in [2.05, 4.69) is 0 Å². The van der Waals surface area contributed by atoms with Crippen molar-refractivity contribution in [2.24, 2.45) is 5.92 Å². The molecule has 0 aromatic heterocycles. The summed E-state index contributed by atoms with van der Waals surface area (Å²) in [4.78, 5) is 0. The van der Waals surface area contributed by atoms with E-state index in [1.54, 1.807) is 6.92 Å². The molecular weight excluding hydrogens is 156 g/mol. The molecule has 1 heterocycles. The molecule has 1 saturated carbocycles. The number of rotatable bonds is 3. The summed E-state index contributed by atoms with van der Waals surface area (Å²) in [6.07, 6.45) is 3.95. The third-order valence-electron chi connectivity index (χ3n) is 2.69. The molecule has 0 aromatic rings. The molecule has 1 aliphatic carbocycles. The molecule has 2 rings (SSSR count). The molecule has 3 heteroatoms. The van der Waals surface area contributed by atoms with E-state index in [0.717, 1.165) is 6.42 Å². The summed E-state index contributed by atoms with van der Waals surface area (Å²) in [6, 6.07) is 0. The fourth-order valence-corrected chi connectivity index (χ4v) is 1.91. The van der Waals surface area contributed by atoms with E-state index in [-0.39, 0.29) is 0 Å². The van der Waals surface area contributed by atoms with Gasteiger partial charge in [0, 0.05) is 0 Å². The van der Waals surface area contributed by atoms with Crippen LogP contribution in [0.3, 0.4) is 0 Å². The van der Waals surface area contributed by atoms with Crippen LogP contribution in [0.2, 0.25) is 0 Å². The van der Waals surface area contributed by atoms with Crippen LogP contribution in [0.4, 0.5) is 0 Å². The Labute approximate surface area is 72.7 Å². The summed E-state index contributed by atoms with van der Waals surface area (Å²) in [5, 5.41) is 8.91. The van der Waals surface area contributed by atoms with Gasteiger partial charge in [-0.15, -0.1) is 0 Å². The average Bonchev–Trinajstić information content (AvgIpc) is 2.78. The number of aliphatic hydroxyl groups is 1. The number of epoxide rings is 1. The van der Waals surface area contributed by atoms with Crippen molar-refractivity contribution in [2.45, 2.75) is 44.7 Å². The van der Waals surface area contributed by atoms with Crippen molar-refractivity contribution >= 4 is 0 Å². The van der Waals surface area contributed by atoms with E-state index >= 15 is 0 Å². The summed E-state index contributed by atoms with van der Waals surface area (Å²) in [7, 11) is 0. The van der Waals surface area contributed by atoms with Gasteiger partial charge in [-0.3, -0.25) is 0 Å². The quantitative estimate of drug-likeness (QED) is 0.508. The molecule has 12 heavy (non-hydrogen) atoms. The zero-order valence-electron chi connectivity index (χ0n) is 7.40.